The highest BCUT2D eigenvalue weighted by Crippen LogP contribution is 2.34. The molecular formula is C23H27Cl2N3O7S3. The molecule has 2 atom stereocenters. The van der Waals surface area contributed by atoms with Crippen LogP contribution < -0.4 is 5.32 Å². The molecule has 15 heteroatoms. The molecule has 1 aromatic carbocycles. The second kappa shape index (κ2) is 11.8. The zero-order valence-corrected chi connectivity index (χ0v) is 24.1. The van der Waals surface area contributed by atoms with Crippen LogP contribution in [0.5, 0.6) is 0 Å². The highest BCUT2D eigenvalue weighted by atomic mass is 35.5. The van der Waals surface area contributed by atoms with Crippen LogP contribution >= 0.6 is 34.5 Å². The zero-order chi connectivity index (χ0) is 27.7. The highest BCUT2D eigenvalue weighted by molar-refractivity contribution is 7.91. The third-order valence-corrected chi connectivity index (χ3v) is 12.6. The molecule has 1 amide bonds. The van der Waals surface area contributed by atoms with Crippen LogP contribution in [0.25, 0.3) is 0 Å². The fraction of sp³-hybridized carbons (Fsp3) is 0.478. The Morgan fingerprint density at radius 3 is 2.24 bits per heavy atom. The van der Waals surface area contributed by atoms with E-state index in [-0.39, 0.29) is 44.6 Å². The highest BCUT2D eigenvalue weighted by Gasteiger charge is 2.50. The van der Waals surface area contributed by atoms with Crippen LogP contribution in [0.3, 0.4) is 0 Å². The number of amides is 1. The molecule has 10 nitrogen and oxygen atoms in total. The first-order valence-electron chi connectivity index (χ1n) is 12.0. The van der Waals surface area contributed by atoms with Crippen LogP contribution in [-0.4, -0.2) is 67.7 Å². The van der Waals surface area contributed by atoms with Crippen LogP contribution in [0.4, 0.5) is 0 Å². The monoisotopic (exact) mass is 623 g/mol. The van der Waals surface area contributed by atoms with Crippen molar-refractivity contribution in [3.8, 4) is 0 Å². The topological polar surface area (TPSA) is 141 Å². The van der Waals surface area contributed by atoms with Crippen molar-refractivity contribution in [2.24, 2.45) is 5.92 Å². The van der Waals surface area contributed by atoms with Gasteiger partial charge < -0.3 is 10.4 Å². The zero-order valence-electron chi connectivity index (χ0n) is 20.1. The maximum atomic E-state index is 13.8. The van der Waals surface area contributed by atoms with Crippen molar-refractivity contribution in [2.45, 2.75) is 59.8 Å². The van der Waals surface area contributed by atoms with Crippen molar-refractivity contribution < 1.29 is 31.5 Å². The quantitative estimate of drug-likeness (QED) is 0.434. The van der Waals surface area contributed by atoms with Gasteiger partial charge in [-0.3, -0.25) is 9.59 Å². The van der Waals surface area contributed by atoms with E-state index in [0.717, 1.165) is 45.3 Å². The summed E-state index contributed by atoms with van der Waals surface area (Å²) in [5.41, 5.74) is 0. The van der Waals surface area contributed by atoms with Gasteiger partial charge in [0.1, 0.15) is 4.21 Å². The average Bonchev–Trinajstić information content (AvgIpc) is 3.57. The van der Waals surface area contributed by atoms with Gasteiger partial charge in [0.25, 0.3) is 15.9 Å². The molecule has 38 heavy (non-hydrogen) atoms. The number of nitrogens with one attached hydrogen (secondary N) is 1. The SMILES string of the molecule is O=C(O)CC(NC(=O)C1N(S(=O)(=O)c2ccc(Cl)c(Cl)c2)CCN1S(=O)(=O)c1cccs1)C1CCCCC1. The summed E-state index contributed by atoms with van der Waals surface area (Å²) in [4.78, 5) is 25.1. The molecule has 2 fully saturated rings. The van der Waals surface area contributed by atoms with E-state index in [0.29, 0.717) is 12.8 Å². The van der Waals surface area contributed by atoms with Crippen molar-refractivity contribution in [1.82, 2.24) is 13.9 Å². The Labute approximate surface area is 235 Å². The van der Waals surface area contributed by atoms with E-state index in [2.05, 4.69) is 5.32 Å². The van der Waals surface area contributed by atoms with Gasteiger partial charge in [-0.15, -0.1) is 11.3 Å². The Morgan fingerprint density at radius 1 is 1.00 bits per heavy atom. The van der Waals surface area contributed by atoms with Gasteiger partial charge >= 0.3 is 5.97 Å². The predicted octanol–water partition coefficient (Wildman–Crippen LogP) is 3.62. The number of rotatable bonds is 9. The maximum Gasteiger partial charge on any atom is 0.305 e. The smallest absolute Gasteiger partial charge is 0.305 e. The molecule has 1 saturated heterocycles. The second-order valence-corrected chi connectivity index (χ2v) is 15.0. The van der Waals surface area contributed by atoms with E-state index in [1.165, 1.54) is 18.2 Å². The van der Waals surface area contributed by atoms with E-state index >= 15 is 0 Å². The third-order valence-electron chi connectivity index (χ3n) is 6.82. The molecule has 4 rings (SSSR count). The molecule has 0 spiro atoms. The molecule has 2 aliphatic rings. The number of halogens is 2. The van der Waals surface area contributed by atoms with Crippen LogP contribution in [0.2, 0.25) is 10.0 Å². The number of nitrogens with zero attached hydrogens (tertiary/aromatic N) is 2. The van der Waals surface area contributed by atoms with Crippen LogP contribution in [0.1, 0.15) is 38.5 Å². The Kier molecular flexibility index (Phi) is 9.07. The van der Waals surface area contributed by atoms with E-state index in [1.54, 1.807) is 11.4 Å². The number of carboxylic acid groups (broad SMARTS) is 1. The van der Waals surface area contributed by atoms with E-state index in [9.17, 15) is 31.5 Å². The second-order valence-electron chi connectivity index (χ2n) is 9.22. The first kappa shape index (κ1) is 29.2. The number of carbonyl (C=O) groups excluding carboxylic acids is 1. The summed E-state index contributed by atoms with van der Waals surface area (Å²) in [5.74, 6) is -2.13. The van der Waals surface area contributed by atoms with Gasteiger partial charge in [-0.25, -0.2) is 16.8 Å². The van der Waals surface area contributed by atoms with Crippen molar-refractivity contribution in [3.63, 3.8) is 0 Å². The molecular weight excluding hydrogens is 597 g/mol. The molecule has 1 saturated carbocycles. The first-order valence-corrected chi connectivity index (χ1v) is 16.5. The Balaban J connectivity index is 1.73. The number of benzene rings is 1. The minimum Gasteiger partial charge on any atom is -0.481 e. The number of hydrogen-bond donors (Lipinski definition) is 2. The maximum absolute atomic E-state index is 13.8. The van der Waals surface area contributed by atoms with Gasteiger partial charge in [0.05, 0.1) is 21.4 Å². The molecule has 0 radical (unpaired) electrons. The van der Waals surface area contributed by atoms with Gasteiger partial charge in [-0.2, -0.15) is 8.61 Å². The Bertz CT molecular complexity index is 1400. The number of aliphatic carboxylic acids is 1. The first-order chi connectivity index (χ1) is 17.9. The summed E-state index contributed by atoms with van der Waals surface area (Å²) in [6.07, 6.45) is 2.08. The molecule has 2 N–H and O–H groups in total. The normalized spacial score (nSPS) is 20.8. The van der Waals surface area contributed by atoms with Gasteiger partial charge in [0.2, 0.25) is 10.0 Å². The fourth-order valence-electron chi connectivity index (χ4n) is 4.97. The summed E-state index contributed by atoms with van der Waals surface area (Å²) in [7, 11) is -8.65. The van der Waals surface area contributed by atoms with Crippen molar-refractivity contribution in [3.05, 3.63) is 45.8 Å². The minimum absolute atomic E-state index is 0.0187. The third kappa shape index (κ3) is 6.03. The largest absolute Gasteiger partial charge is 0.481 e. The van der Waals surface area contributed by atoms with E-state index in [4.69, 9.17) is 23.2 Å². The Morgan fingerprint density at radius 2 is 1.66 bits per heavy atom. The molecule has 1 aliphatic carbocycles. The van der Waals surface area contributed by atoms with Gasteiger partial charge in [-0.05, 0) is 48.4 Å². The number of hydrogen-bond acceptors (Lipinski definition) is 7. The predicted molar refractivity (Wildman–Crippen MR) is 143 cm³/mol. The summed E-state index contributed by atoms with van der Waals surface area (Å²) in [6.45, 7) is -0.565. The van der Waals surface area contributed by atoms with Gasteiger partial charge in [-0.1, -0.05) is 48.5 Å². The fourth-order valence-corrected chi connectivity index (χ4v) is 9.63. The van der Waals surface area contributed by atoms with Crippen LogP contribution in [-0.2, 0) is 29.6 Å². The lowest BCUT2D eigenvalue weighted by Crippen LogP contribution is -2.56. The molecule has 1 aromatic heterocycles. The summed E-state index contributed by atoms with van der Waals surface area (Å²) in [5, 5.41) is 13.9. The van der Waals surface area contributed by atoms with E-state index < -0.39 is 44.1 Å². The number of carboxylic acids is 1. The average molecular weight is 625 g/mol. The summed E-state index contributed by atoms with van der Waals surface area (Å²) in [6, 6.07) is 5.80. The lowest BCUT2D eigenvalue weighted by Gasteiger charge is -2.33. The van der Waals surface area contributed by atoms with Crippen LogP contribution in [0.15, 0.2) is 44.8 Å². The van der Waals surface area contributed by atoms with Crippen molar-refractivity contribution >= 4 is 66.5 Å². The summed E-state index contributed by atoms with van der Waals surface area (Å²) >= 11 is 12.9. The van der Waals surface area contributed by atoms with Crippen LogP contribution in [0, 0.1) is 5.92 Å². The standard InChI is InChI=1S/C23H27Cl2N3O7S3/c24-17-9-8-16(13-18(17)25)37(32,33)27-10-11-28(38(34,35)21-7-4-12-36-21)23(27)22(31)26-19(14-20(29)30)15-5-2-1-3-6-15/h4,7-9,12-13,15,19,23H,1-3,5-6,10-11,14H2,(H,26,31)(H,29,30). The minimum atomic E-state index is -4.41. The lowest BCUT2D eigenvalue weighted by molar-refractivity contribution is -0.138. The number of sulfonamides is 2. The van der Waals surface area contributed by atoms with Gasteiger partial charge in [0, 0.05) is 19.1 Å². The lowest BCUT2D eigenvalue weighted by atomic mass is 9.82. The summed E-state index contributed by atoms with van der Waals surface area (Å²) < 4.78 is 55.9. The molecule has 2 heterocycles. The van der Waals surface area contributed by atoms with Crippen molar-refractivity contribution in [2.75, 3.05) is 13.1 Å². The molecule has 2 aromatic rings. The number of carbonyl (C=O) groups is 2. The van der Waals surface area contributed by atoms with Gasteiger partial charge in [0.15, 0.2) is 6.17 Å². The molecule has 1 aliphatic heterocycles. The number of thiophene rings is 1. The Hall–Kier alpha value is -1.74. The molecule has 208 valence electrons. The van der Waals surface area contributed by atoms with E-state index in [1.807, 2.05) is 0 Å². The van der Waals surface area contributed by atoms with Crippen molar-refractivity contribution in [1.29, 1.82) is 0 Å². The molecule has 0 bridgehead atoms. The molecule has 2 unspecified atom stereocenters.